The Kier molecular flexibility index (Phi) is 5.45. The molecule has 1 aromatic rings. The molecule has 0 aromatic heterocycles. The van der Waals surface area contributed by atoms with E-state index in [1.165, 1.54) is 7.11 Å². The smallest absolute Gasteiger partial charge is 0.323 e. The van der Waals surface area contributed by atoms with E-state index in [0.29, 0.717) is 6.54 Å². The molecule has 2 aliphatic rings. The molecule has 2 fully saturated rings. The van der Waals surface area contributed by atoms with Crippen LogP contribution in [0.5, 0.6) is 0 Å². The highest BCUT2D eigenvalue weighted by Gasteiger charge is 2.62. The Morgan fingerprint density at radius 3 is 2.65 bits per heavy atom. The van der Waals surface area contributed by atoms with E-state index in [4.69, 9.17) is 4.74 Å². The number of nitrogens with zero attached hydrogens (tertiary/aromatic N) is 1. The van der Waals surface area contributed by atoms with Gasteiger partial charge in [0.1, 0.15) is 23.9 Å². The monoisotopic (exact) mass is 363 g/mol. The molecule has 1 aliphatic carbocycles. The van der Waals surface area contributed by atoms with Gasteiger partial charge in [-0.1, -0.05) is 42.5 Å². The number of esters is 1. The molecule has 1 saturated heterocycles. The number of ether oxygens (including phenoxy) is 1. The largest absolute Gasteiger partial charge is 0.468 e. The first-order valence-electron chi connectivity index (χ1n) is 8.70. The summed E-state index contributed by atoms with van der Waals surface area (Å²) in [6, 6.07) is 8.21. The number of aliphatic hydroxyl groups is 4. The Labute approximate surface area is 152 Å². The number of hydrogen-bond donors (Lipinski definition) is 4. The minimum atomic E-state index is -1.68. The molecule has 0 radical (unpaired) electrons. The maximum atomic E-state index is 12.2. The quantitative estimate of drug-likeness (QED) is 0.536. The van der Waals surface area contributed by atoms with Crippen LogP contribution in [0.3, 0.4) is 0 Å². The van der Waals surface area contributed by atoms with Gasteiger partial charge < -0.3 is 25.2 Å². The van der Waals surface area contributed by atoms with Crippen LogP contribution >= 0.6 is 0 Å². The zero-order valence-electron chi connectivity index (χ0n) is 14.6. The number of benzene rings is 1. The van der Waals surface area contributed by atoms with E-state index in [1.807, 2.05) is 42.5 Å². The Hall–Kier alpha value is -1.77. The van der Waals surface area contributed by atoms with Crippen LogP contribution in [0.4, 0.5) is 0 Å². The van der Waals surface area contributed by atoms with E-state index in [-0.39, 0.29) is 12.8 Å². The number of methoxy groups -OCH3 is 1. The van der Waals surface area contributed by atoms with E-state index < -0.39 is 42.0 Å². The zero-order chi connectivity index (χ0) is 18.9. The summed E-state index contributed by atoms with van der Waals surface area (Å²) < 4.78 is 4.85. The number of fused-ring (bicyclic) bond motifs is 1. The third-order valence-electron chi connectivity index (χ3n) is 5.49. The van der Waals surface area contributed by atoms with Crippen molar-refractivity contribution < 1.29 is 30.0 Å². The maximum Gasteiger partial charge on any atom is 0.323 e. The van der Waals surface area contributed by atoms with Crippen molar-refractivity contribution in [3.05, 3.63) is 42.0 Å². The molecule has 0 spiro atoms. The fourth-order valence-corrected chi connectivity index (χ4v) is 4.08. The molecule has 26 heavy (non-hydrogen) atoms. The highest BCUT2D eigenvalue weighted by molar-refractivity contribution is 5.76. The molecule has 142 valence electrons. The molecule has 1 aromatic carbocycles. The topological polar surface area (TPSA) is 110 Å². The summed E-state index contributed by atoms with van der Waals surface area (Å²) in [5, 5.41) is 41.3. The summed E-state index contributed by atoms with van der Waals surface area (Å²) in [6.45, 7) is 0.331. The molecule has 7 nitrogen and oxygen atoms in total. The van der Waals surface area contributed by atoms with Crippen molar-refractivity contribution in [3.63, 3.8) is 0 Å². The van der Waals surface area contributed by atoms with Gasteiger partial charge in [0.2, 0.25) is 0 Å². The minimum Gasteiger partial charge on any atom is -0.468 e. The van der Waals surface area contributed by atoms with Crippen LogP contribution in [0.15, 0.2) is 36.4 Å². The SMILES string of the molecule is COC(=O)C1C[C@@]2(O)C(O)C(O)C(O)CC2N1CC=Cc1ccccc1. The van der Waals surface area contributed by atoms with Gasteiger partial charge >= 0.3 is 5.97 Å². The highest BCUT2D eigenvalue weighted by Crippen LogP contribution is 2.43. The fourth-order valence-electron chi connectivity index (χ4n) is 4.08. The normalized spacial score (nSPS) is 37.7. The van der Waals surface area contributed by atoms with Gasteiger partial charge in [0.05, 0.1) is 13.2 Å². The first-order valence-corrected chi connectivity index (χ1v) is 8.70. The number of aliphatic hydroxyl groups excluding tert-OH is 3. The van der Waals surface area contributed by atoms with Crippen molar-refractivity contribution in [1.29, 1.82) is 0 Å². The second-order valence-corrected chi connectivity index (χ2v) is 7.00. The summed E-state index contributed by atoms with van der Waals surface area (Å²) in [7, 11) is 1.27. The number of likely N-dealkylation sites (tertiary alicyclic amines) is 1. The molecule has 7 heteroatoms. The maximum absolute atomic E-state index is 12.2. The van der Waals surface area contributed by atoms with Crippen molar-refractivity contribution in [1.82, 2.24) is 4.90 Å². The van der Waals surface area contributed by atoms with E-state index in [2.05, 4.69) is 0 Å². The van der Waals surface area contributed by atoms with Gasteiger partial charge in [-0.15, -0.1) is 0 Å². The van der Waals surface area contributed by atoms with Crippen molar-refractivity contribution in [2.24, 2.45) is 0 Å². The first-order chi connectivity index (χ1) is 12.4. The lowest BCUT2D eigenvalue weighted by atomic mass is 9.75. The third kappa shape index (κ3) is 3.28. The second-order valence-electron chi connectivity index (χ2n) is 7.00. The molecule has 0 amide bonds. The second kappa shape index (κ2) is 7.46. The van der Waals surface area contributed by atoms with E-state index >= 15 is 0 Å². The number of carbonyl (C=O) groups excluding carboxylic acids is 1. The summed E-state index contributed by atoms with van der Waals surface area (Å²) in [5.74, 6) is -0.517. The van der Waals surface area contributed by atoms with Crippen molar-refractivity contribution in [3.8, 4) is 0 Å². The van der Waals surface area contributed by atoms with Crippen LogP contribution in [-0.2, 0) is 9.53 Å². The third-order valence-corrected chi connectivity index (χ3v) is 5.49. The van der Waals surface area contributed by atoms with E-state index in [0.717, 1.165) is 5.56 Å². The lowest BCUT2D eigenvalue weighted by Crippen LogP contribution is -2.64. The van der Waals surface area contributed by atoms with Crippen LogP contribution < -0.4 is 0 Å². The average Bonchev–Trinajstić information content (AvgIpc) is 2.94. The molecule has 4 N–H and O–H groups in total. The van der Waals surface area contributed by atoms with Crippen molar-refractivity contribution >= 4 is 12.0 Å². The van der Waals surface area contributed by atoms with Gasteiger partial charge in [0, 0.05) is 19.0 Å². The summed E-state index contributed by atoms with van der Waals surface area (Å²) >= 11 is 0. The summed E-state index contributed by atoms with van der Waals surface area (Å²) in [4.78, 5) is 13.9. The fraction of sp³-hybridized carbons (Fsp3) is 0.526. The predicted octanol–water partition coefficient (Wildman–Crippen LogP) is -0.467. The average molecular weight is 363 g/mol. The summed E-state index contributed by atoms with van der Waals surface area (Å²) in [5.41, 5.74) is -0.686. The van der Waals surface area contributed by atoms with Gasteiger partial charge in [-0.2, -0.15) is 0 Å². The molecule has 1 saturated carbocycles. The number of hydrogen-bond acceptors (Lipinski definition) is 7. The zero-order valence-corrected chi connectivity index (χ0v) is 14.6. The van der Waals surface area contributed by atoms with Crippen LogP contribution in [0.2, 0.25) is 0 Å². The predicted molar refractivity (Wildman–Crippen MR) is 94.0 cm³/mol. The Bertz CT molecular complexity index is 665. The van der Waals surface area contributed by atoms with Crippen LogP contribution in [0.25, 0.3) is 6.08 Å². The first kappa shape index (κ1) is 19.0. The highest BCUT2D eigenvalue weighted by atomic mass is 16.5. The van der Waals surface area contributed by atoms with Gasteiger partial charge in [-0.05, 0) is 12.0 Å². The van der Waals surface area contributed by atoms with E-state index in [9.17, 15) is 25.2 Å². The molecule has 0 bridgehead atoms. The molecule has 1 heterocycles. The summed E-state index contributed by atoms with van der Waals surface area (Å²) in [6.07, 6.45) is -0.402. The molecule has 5 unspecified atom stereocenters. The van der Waals surface area contributed by atoms with Crippen molar-refractivity contribution in [2.45, 2.75) is 48.8 Å². The lowest BCUT2D eigenvalue weighted by molar-refractivity contribution is -0.196. The Morgan fingerprint density at radius 1 is 1.31 bits per heavy atom. The molecular formula is C19H25NO6. The van der Waals surface area contributed by atoms with Gasteiger partial charge in [0.15, 0.2) is 0 Å². The minimum absolute atomic E-state index is 0.0569. The van der Waals surface area contributed by atoms with Gasteiger partial charge in [-0.3, -0.25) is 9.69 Å². The lowest BCUT2D eigenvalue weighted by Gasteiger charge is -2.45. The number of rotatable bonds is 4. The molecular weight excluding hydrogens is 338 g/mol. The van der Waals surface area contributed by atoms with E-state index in [1.54, 1.807) is 4.90 Å². The molecule has 6 atom stereocenters. The Balaban J connectivity index is 1.84. The van der Waals surface area contributed by atoms with Crippen LogP contribution in [0.1, 0.15) is 18.4 Å². The van der Waals surface area contributed by atoms with Crippen LogP contribution in [0, 0.1) is 0 Å². The molecule has 1 aliphatic heterocycles. The number of carbonyl (C=O) groups is 1. The van der Waals surface area contributed by atoms with Crippen LogP contribution in [-0.4, -0.2) is 80.9 Å². The van der Waals surface area contributed by atoms with Crippen molar-refractivity contribution in [2.75, 3.05) is 13.7 Å². The van der Waals surface area contributed by atoms with Gasteiger partial charge in [-0.25, -0.2) is 0 Å². The standard InChI is InChI=1S/C19H25NO6/c1-26-18(24)13-11-19(25)15(10-14(21)16(22)17(19)23)20(13)9-5-8-12-6-3-2-4-7-12/h2-8,13-17,21-23,25H,9-11H2,1H3/t13?,14?,15?,16?,17?,19-/m0/s1. The molecule has 3 rings (SSSR count). The Morgan fingerprint density at radius 2 is 2.00 bits per heavy atom. The van der Waals surface area contributed by atoms with Gasteiger partial charge in [0.25, 0.3) is 0 Å².